The molecule has 1 aromatic heterocycles. The molecule has 22 heavy (non-hydrogen) atoms. The van der Waals surface area contributed by atoms with Crippen LogP contribution in [0.5, 0.6) is 0 Å². The third-order valence-electron chi connectivity index (χ3n) is 4.39. The minimum absolute atomic E-state index is 0.270. The molecule has 0 spiro atoms. The van der Waals surface area contributed by atoms with Crippen LogP contribution in [0.25, 0.3) is 0 Å². The molecular weight excluding hydrogens is 280 g/mol. The Morgan fingerprint density at radius 2 is 1.95 bits per heavy atom. The zero-order valence-corrected chi connectivity index (χ0v) is 12.2. The molecule has 0 radical (unpaired) electrons. The van der Waals surface area contributed by atoms with E-state index in [1.54, 1.807) is 17.0 Å². The summed E-state index contributed by atoms with van der Waals surface area (Å²) in [5.41, 5.74) is 0.623. The van der Waals surface area contributed by atoms with Crippen LogP contribution in [-0.2, 0) is 17.9 Å². The van der Waals surface area contributed by atoms with E-state index in [1.807, 2.05) is 18.2 Å². The quantitative estimate of drug-likeness (QED) is 0.925. The molecule has 2 aliphatic rings. The highest BCUT2D eigenvalue weighted by Crippen LogP contribution is 2.39. The van der Waals surface area contributed by atoms with Crippen molar-refractivity contribution in [1.29, 1.82) is 0 Å². The molecule has 1 aliphatic heterocycles. The summed E-state index contributed by atoms with van der Waals surface area (Å²) < 4.78 is 2.14. The van der Waals surface area contributed by atoms with Crippen molar-refractivity contribution in [2.45, 2.75) is 38.0 Å². The number of rotatable bonds is 3. The van der Waals surface area contributed by atoms with E-state index in [2.05, 4.69) is 14.8 Å². The molecule has 1 amide bonds. The van der Waals surface area contributed by atoms with Crippen LogP contribution >= 0.6 is 0 Å². The fourth-order valence-electron chi connectivity index (χ4n) is 2.96. The number of hydrogen-bond donors (Lipinski definition) is 1. The highest BCUT2D eigenvalue weighted by atomic mass is 16.3. The van der Waals surface area contributed by atoms with Gasteiger partial charge in [-0.2, -0.15) is 0 Å². The fourth-order valence-corrected chi connectivity index (χ4v) is 2.96. The first-order valence-electron chi connectivity index (χ1n) is 7.68. The standard InChI is InChI=1S/C16H18N4O2/c21-14(11-4-2-1-3-5-11)16(22)19-8-9-20-13(10-19)17-18-15(20)12-6-7-12/h1-5,12,14,21H,6-10H2. The van der Waals surface area contributed by atoms with E-state index in [1.165, 1.54) is 12.8 Å². The maximum Gasteiger partial charge on any atom is 0.256 e. The van der Waals surface area contributed by atoms with E-state index < -0.39 is 6.10 Å². The molecule has 0 bridgehead atoms. The number of aliphatic hydroxyl groups is 1. The average molecular weight is 298 g/mol. The van der Waals surface area contributed by atoms with Gasteiger partial charge in [-0.1, -0.05) is 30.3 Å². The molecule has 1 aromatic carbocycles. The second kappa shape index (κ2) is 5.21. The third kappa shape index (κ3) is 2.29. The van der Waals surface area contributed by atoms with Gasteiger partial charge in [-0.25, -0.2) is 0 Å². The molecule has 2 heterocycles. The summed E-state index contributed by atoms with van der Waals surface area (Å²) >= 11 is 0. The van der Waals surface area contributed by atoms with Crippen molar-refractivity contribution in [1.82, 2.24) is 19.7 Å². The smallest absolute Gasteiger partial charge is 0.256 e. The van der Waals surface area contributed by atoms with Gasteiger partial charge in [0.15, 0.2) is 11.9 Å². The number of carbonyl (C=O) groups is 1. The summed E-state index contributed by atoms with van der Waals surface area (Å²) in [6.07, 6.45) is 1.26. The van der Waals surface area contributed by atoms with Crippen molar-refractivity contribution >= 4 is 5.91 Å². The lowest BCUT2D eigenvalue weighted by atomic mass is 10.1. The third-order valence-corrected chi connectivity index (χ3v) is 4.39. The van der Waals surface area contributed by atoms with Crippen molar-refractivity contribution in [3.05, 3.63) is 47.5 Å². The predicted octanol–water partition coefficient (Wildman–Crippen LogP) is 1.23. The Kier molecular flexibility index (Phi) is 3.18. The van der Waals surface area contributed by atoms with Crippen molar-refractivity contribution < 1.29 is 9.90 Å². The number of aliphatic hydroxyl groups excluding tert-OH is 1. The molecule has 4 rings (SSSR count). The Bertz CT molecular complexity index is 693. The minimum Gasteiger partial charge on any atom is -0.378 e. The number of hydrogen-bond acceptors (Lipinski definition) is 4. The van der Waals surface area contributed by atoms with Crippen LogP contribution in [0.3, 0.4) is 0 Å². The lowest BCUT2D eigenvalue weighted by Gasteiger charge is -2.29. The highest BCUT2D eigenvalue weighted by Gasteiger charge is 2.34. The average Bonchev–Trinajstić information content (AvgIpc) is 3.33. The first-order valence-corrected chi connectivity index (χ1v) is 7.68. The largest absolute Gasteiger partial charge is 0.378 e. The SMILES string of the molecule is O=C(C(O)c1ccccc1)N1CCn2c(nnc2C2CC2)C1. The van der Waals surface area contributed by atoms with Crippen LogP contribution in [-0.4, -0.2) is 37.2 Å². The van der Waals surface area contributed by atoms with E-state index in [-0.39, 0.29) is 5.91 Å². The lowest BCUT2D eigenvalue weighted by Crippen LogP contribution is -2.41. The minimum atomic E-state index is -1.11. The highest BCUT2D eigenvalue weighted by molar-refractivity contribution is 5.82. The Morgan fingerprint density at radius 3 is 2.68 bits per heavy atom. The van der Waals surface area contributed by atoms with Gasteiger partial charge in [-0.15, -0.1) is 10.2 Å². The number of benzene rings is 1. The van der Waals surface area contributed by atoms with Crippen LogP contribution < -0.4 is 0 Å². The number of fused-ring (bicyclic) bond motifs is 1. The van der Waals surface area contributed by atoms with E-state index in [4.69, 9.17) is 0 Å². The van der Waals surface area contributed by atoms with Crippen molar-refractivity contribution in [2.75, 3.05) is 6.54 Å². The molecule has 0 saturated heterocycles. The maximum atomic E-state index is 12.5. The van der Waals surface area contributed by atoms with E-state index in [9.17, 15) is 9.90 Å². The molecule has 2 aromatic rings. The van der Waals surface area contributed by atoms with Gasteiger partial charge in [-0.05, 0) is 18.4 Å². The normalized spacial score (nSPS) is 18.9. The number of carbonyl (C=O) groups excluding carboxylic acids is 1. The van der Waals surface area contributed by atoms with Gasteiger partial charge in [0.25, 0.3) is 5.91 Å². The number of aromatic nitrogens is 3. The van der Waals surface area contributed by atoms with Crippen LogP contribution in [0.4, 0.5) is 0 Å². The van der Waals surface area contributed by atoms with Gasteiger partial charge in [0.05, 0.1) is 6.54 Å². The van der Waals surface area contributed by atoms with Crippen molar-refractivity contribution in [2.24, 2.45) is 0 Å². The molecule has 6 heteroatoms. The molecule has 1 fully saturated rings. The Hall–Kier alpha value is -2.21. The molecule has 1 atom stereocenters. The van der Waals surface area contributed by atoms with Crippen LogP contribution in [0.1, 0.15) is 42.1 Å². The van der Waals surface area contributed by atoms with Crippen molar-refractivity contribution in [3.8, 4) is 0 Å². The van der Waals surface area contributed by atoms with Gasteiger partial charge in [0.1, 0.15) is 5.82 Å². The molecule has 6 nitrogen and oxygen atoms in total. The Labute approximate surface area is 128 Å². The Balaban J connectivity index is 1.51. The van der Waals surface area contributed by atoms with Gasteiger partial charge in [0.2, 0.25) is 0 Å². The van der Waals surface area contributed by atoms with Crippen molar-refractivity contribution in [3.63, 3.8) is 0 Å². The first-order chi connectivity index (χ1) is 10.7. The summed E-state index contributed by atoms with van der Waals surface area (Å²) in [4.78, 5) is 14.1. The van der Waals surface area contributed by atoms with Crippen LogP contribution in [0, 0.1) is 0 Å². The topological polar surface area (TPSA) is 71.2 Å². The summed E-state index contributed by atoms with van der Waals surface area (Å²) in [5.74, 6) is 2.17. The Morgan fingerprint density at radius 1 is 1.18 bits per heavy atom. The molecule has 1 saturated carbocycles. The monoisotopic (exact) mass is 298 g/mol. The van der Waals surface area contributed by atoms with Gasteiger partial charge >= 0.3 is 0 Å². The van der Waals surface area contributed by atoms with Crippen LogP contribution in [0.15, 0.2) is 30.3 Å². The molecule has 1 aliphatic carbocycles. The molecule has 1 N–H and O–H groups in total. The van der Waals surface area contributed by atoms with Gasteiger partial charge in [0, 0.05) is 19.0 Å². The van der Waals surface area contributed by atoms with Crippen LogP contribution in [0.2, 0.25) is 0 Å². The molecule has 1 unspecified atom stereocenters. The second-order valence-corrected chi connectivity index (χ2v) is 5.97. The van der Waals surface area contributed by atoms with Gasteiger partial charge in [-0.3, -0.25) is 4.79 Å². The molecule has 114 valence electrons. The summed E-state index contributed by atoms with van der Waals surface area (Å²) in [7, 11) is 0. The first kappa shape index (κ1) is 13.5. The molecular formula is C16H18N4O2. The maximum absolute atomic E-state index is 12.5. The summed E-state index contributed by atoms with van der Waals surface area (Å²) in [6, 6.07) is 9.03. The summed E-state index contributed by atoms with van der Waals surface area (Å²) in [5, 5.41) is 18.7. The zero-order chi connectivity index (χ0) is 15.1. The predicted molar refractivity (Wildman–Crippen MR) is 78.8 cm³/mol. The van der Waals surface area contributed by atoms with Gasteiger partial charge < -0.3 is 14.6 Å². The van der Waals surface area contributed by atoms with E-state index >= 15 is 0 Å². The number of nitrogens with zero attached hydrogens (tertiary/aromatic N) is 4. The fraction of sp³-hybridized carbons (Fsp3) is 0.438. The number of amides is 1. The summed E-state index contributed by atoms with van der Waals surface area (Å²) in [6.45, 7) is 1.72. The second-order valence-electron chi connectivity index (χ2n) is 5.97. The lowest BCUT2D eigenvalue weighted by molar-refractivity contribution is -0.142. The van der Waals surface area contributed by atoms with E-state index in [0.29, 0.717) is 31.1 Å². The zero-order valence-electron chi connectivity index (χ0n) is 12.2. The van der Waals surface area contributed by atoms with E-state index in [0.717, 1.165) is 11.6 Å².